The molecule has 0 bridgehead atoms. The zero-order chi connectivity index (χ0) is 19.1. The Morgan fingerprint density at radius 3 is 2.50 bits per heavy atom. The van der Waals surface area contributed by atoms with Crippen LogP contribution in [0.15, 0.2) is 48.5 Å². The highest BCUT2D eigenvalue weighted by Gasteiger charge is 2.19. The lowest BCUT2D eigenvalue weighted by Crippen LogP contribution is -2.39. The summed E-state index contributed by atoms with van der Waals surface area (Å²) in [6.07, 6.45) is 0. The number of carbonyl (C=O) groups excluding carboxylic acids is 1. The molecular formula is C19H19F2N3O2. The van der Waals surface area contributed by atoms with Crippen molar-refractivity contribution in [3.63, 3.8) is 0 Å². The molecular weight excluding hydrogens is 340 g/mol. The first-order chi connectivity index (χ1) is 12.4. The van der Waals surface area contributed by atoms with E-state index >= 15 is 0 Å². The number of hydrogen-bond donors (Lipinski definition) is 1. The van der Waals surface area contributed by atoms with Crippen molar-refractivity contribution < 1.29 is 18.3 Å². The van der Waals surface area contributed by atoms with E-state index in [-0.39, 0.29) is 11.7 Å². The Labute approximate surface area is 150 Å². The van der Waals surface area contributed by atoms with Gasteiger partial charge in [0.15, 0.2) is 0 Å². The third-order valence-corrected chi connectivity index (χ3v) is 3.93. The van der Waals surface area contributed by atoms with Gasteiger partial charge < -0.3 is 10.1 Å². The second kappa shape index (κ2) is 8.92. The number of amides is 1. The van der Waals surface area contributed by atoms with Crippen LogP contribution in [0.25, 0.3) is 0 Å². The Morgan fingerprint density at radius 1 is 1.23 bits per heavy atom. The summed E-state index contributed by atoms with van der Waals surface area (Å²) in [5.41, 5.74) is 1.71. The maximum absolute atomic E-state index is 12.4. The van der Waals surface area contributed by atoms with Crippen molar-refractivity contribution in [2.75, 3.05) is 12.4 Å². The van der Waals surface area contributed by atoms with Crippen LogP contribution in [0, 0.1) is 11.3 Å². The van der Waals surface area contributed by atoms with E-state index in [1.165, 1.54) is 12.1 Å². The van der Waals surface area contributed by atoms with Gasteiger partial charge in [-0.1, -0.05) is 24.3 Å². The summed E-state index contributed by atoms with van der Waals surface area (Å²) in [5, 5.41) is 11.8. The van der Waals surface area contributed by atoms with Gasteiger partial charge in [-0.3, -0.25) is 9.69 Å². The number of ether oxygens (including phenoxy) is 1. The number of likely N-dealkylation sites (N-methyl/N-ethyl adjacent to an activating group) is 1. The second-order valence-corrected chi connectivity index (χ2v) is 5.76. The minimum Gasteiger partial charge on any atom is -0.435 e. The van der Waals surface area contributed by atoms with Crippen molar-refractivity contribution in [1.29, 1.82) is 5.26 Å². The number of para-hydroxylation sites is 1. The molecule has 1 amide bonds. The molecule has 136 valence electrons. The molecule has 5 nitrogen and oxygen atoms in total. The van der Waals surface area contributed by atoms with Crippen molar-refractivity contribution in [1.82, 2.24) is 4.90 Å². The number of halogens is 2. The molecule has 0 radical (unpaired) electrons. The number of rotatable bonds is 7. The molecule has 2 aromatic carbocycles. The average molecular weight is 359 g/mol. The van der Waals surface area contributed by atoms with Crippen LogP contribution in [0.3, 0.4) is 0 Å². The van der Waals surface area contributed by atoms with Crippen LogP contribution in [0.4, 0.5) is 14.5 Å². The van der Waals surface area contributed by atoms with Crippen LogP contribution in [0.2, 0.25) is 0 Å². The molecule has 0 aromatic heterocycles. The fraction of sp³-hybridized carbons (Fsp3) is 0.263. The van der Waals surface area contributed by atoms with Gasteiger partial charge in [-0.05, 0) is 43.8 Å². The third-order valence-electron chi connectivity index (χ3n) is 3.93. The molecule has 2 aromatic rings. The Bertz CT molecular complexity index is 788. The minimum atomic E-state index is -2.86. The summed E-state index contributed by atoms with van der Waals surface area (Å²) in [6.45, 7) is -0.661. The van der Waals surface area contributed by atoms with Crippen molar-refractivity contribution in [3.8, 4) is 11.8 Å². The normalized spacial score (nSPS) is 11.9. The molecule has 0 aliphatic carbocycles. The van der Waals surface area contributed by atoms with Crippen LogP contribution in [0.5, 0.6) is 5.75 Å². The van der Waals surface area contributed by atoms with Crippen molar-refractivity contribution in [3.05, 3.63) is 59.7 Å². The summed E-state index contributed by atoms with van der Waals surface area (Å²) >= 11 is 0. The van der Waals surface area contributed by atoms with E-state index in [1.807, 2.05) is 11.0 Å². The van der Waals surface area contributed by atoms with Crippen molar-refractivity contribution >= 4 is 11.6 Å². The maximum Gasteiger partial charge on any atom is 0.387 e. The van der Waals surface area contributed by atoms with Gasteiger partial charge in [0.25, 0.3) is 0 Å². The molecule has 0 fully saturated rings. The van der Waals surface area contributed by atoms with Gasteiger partial charge in [0.1, 0.15) is 11.8 Å². The topological polar surface area (TPSA) is 65.4 Å². The van der Waals surface area contributed by atoms with Crippen LogP contribution >= 0.6 is 0 Å². The van der Waals surface area contributed by atoms with E-state index in [2.05, 4.69) is 10.1 Å². The van der Waals surface area contributed by atoms with E-state index in [4.69, 9.17) is 5.26 Å². The number of anilines is 1. The van der Waals surface area contributed by atoms with Crippen molar-refractivity contribution in [2.45, 2.75) is 26.1 Å². The monoisotopic (exact) mass is 359 g/mol. The Kier molecular flexibility index (Phi) is 6.64. The van der Waals surface area contributed by atoms with Gasteiger partial charge in [0, 0.05) is 6.54 Å². The molecule has 0 aliphatic rings. The van der Waals surface area contributed by atoms with E-state index in [9.17, 15) is 13.6 Å². The average Bonchev–Trinajstić information content (AvgIpc) is 2.62. The number of alkyl halides is 2. The second-order valence-electron chi connectivity index (χ2n) is 5.76. The lowest BCUT2D eigenvalue weighted by Gasteiger charge is -2.24. The largest absolute Gasteiger partial charge is 0.435 e. The van der Waals surface area contributed by atoms with Gasteiger partial charge in [-0.25, -0.2) is 0 Å². The first-order valence-corrected chi connectivity index (χ1v) is 7.94. The Hall–Kier alpha value is -2.98. The summed E-state index contributed by atoms with van der Waals surface area (Å²) in [5.74, 6) is -0.154. The number of nitriles is 1. The number of hydrogen-bond acceptors (Lipinski definition) is 4. The van der Waals surface area contributed by atoms with E-state index in [0.29, 0.717) is 17.8 Å². The zero-order valence-corrected chi connectivity index (χ0v) is 14.4. The predicted octanol–water partition coefficient (Wildman–Crippen LogP) is 3.62. The minimum absolute atomic E-state index is 0.0882. The van der Waals surface area contributed by atoms with Crippen LogP contribution in [-0.2, 0) is 11.3 Å². The molecule has 0 saturated heterocycles. The molecule has 0 aliphatic heterocycles. The van der Waals surface area contributed by atoms with Crippen molar-refractivity contribution in [2.24, 2.45) is 0 Å². The first kappa shape index (κ1) is 19.3. The van der Waals surface area contributed by atoms with E-state index in [0.717, 1.165) is 5.56 Å². The molecule has 2 rings (SSSR count). The molecule has 7 heteroatoms. The molecule has 0 heterocycles. The summed E-state index contributed by atoms with van der Waals surface area (Å²) in [7, 11) is 1.78. The first-order valence-electron chi connectivity index (χ1n) is 7.94. The van der Waals surface area contributed by atoms with Gasteiger partial charge >= 0.3 is 6.61 Å². The predicted molar refractivity (Wildman–Crippen MR) is 93.8 cm³/mol. The SMILES string of the molecule is C[C@@H](C(=O)Nc1ccccc1C#N)N(C)Cc1ccc(OC(F)F)cc1. The summed E-state index contributed by atoms with van der Waals surface area (Å²) in [4.78, 5) is 14.2. The van der Waals surface area contributed by atoms with Crippen LogP contribution in [-0.4, -0.2) is 30.5 Å². The maximum atomic E-state index is 12.4. The smallest absolute Gasteiger partial charge is 0.387 e. The highest BCUT2D eigenvalue weighted by Crippen LogP contribution is 2.17. The van der Waals surface area contributed by atoms with Gasteiger partial charge in [-0.2, -0.15) is 14.0 Å². The highest BCUT2D eigenvalue weighted by atomic mass is 19.3. The van der Waals surface area contributed by atoms with Crippen LogP contribution in [0.1, 0.15) is 18.1 Å². The summed E-state index contributed by atoms with van der Waals surface area (Å²) in [6, 6.07) is 14.6. The Morgan fingerprint density at radius 2 is 1.88 bits per heavy atom. The highest BCUT2D eigenvalue weighted by molar-refractivity contribution is 5.95. The molecule has 1 N–H and O–H groups in total. The van der Waals surface area contributed by atoms with Crippen LogP contribution < -0.4 is 10.1 Å². The number of nitrogens with one attached hydrogen (secondary N) is 1. The standard InChI is InChI=1S/C19H19F2N3O2/c1-13(18(25)23-17-6-4-3-5-15(17)11-22)24(2)12-14-7-9-16(10-8-14)26-19(20)21/h3-10,13,19H,12H2,1-2H3,(H,23,25)/t13-/m0/s1. The number of carbonyl (C=O) groups is 1. The summed E-state index contributed by atoms with van der Waals surface area (Å²) < 4.78 is 28.6. The molecule has 0 spiro atoms. The van der Waals surface area contributed by atoms with Gasteiger partial charge in [0.2, 0.25) is 5.91 Å². The molecule has 0 saturated carbocycles. The van der Waals surface area contributed by atoms with E-state index in [1.54, 1.807) is 50.4 Å². The molecule has 1 atom stereocenters. The quantitative estimate of drug-likeness (QED) is 0.820. The number of nitrogens with zero attached hydrogens (tertiary/aromatic N) is 2. The third kappa shape index (κ3) is 5.26. The van der Waals surface area contributed by atoms with E-state index < -0.39 is 12.7 Å². The molecule has 0 unspecified atom stereocenters. The lowest BCUT2D eigenvalue weighted by atomic mass is 10.1. The number of benzene rings is 2. The van der Waals surface area contributed by atoms with Gasteiger partial charge in [0.05, 0.1) is 17.3 Å². The Balaban J connectivity index is 1.97. The fourth-order valence-corrected chi connectivity index (χ4v) is 2.33. The lowest BCUT2D eigenvalue weighted by molar-refractivity contribution is -0.120. The zero-order valence-electron chi connectivity index (χ0n) is 14.4. The molecule has 26 heavy (non-hydrogen) atoms. The van der Waals surface area contributed by atoms with Gasteiger partial charge in [-0.15, -0.1) is 0 Å². The fourth-order valence-electron chi connectivity index (χ4n) is 2.33.